The fourth-order valence-electron chi connectivity index (χ4n) is 4.58. The van der Waals surface area contributed by atoms with E-state index in [-0.39, 0.29) is 17.1 Å². The zero-order chi connectivity index (χ0) is 27.3. The van der Waals surface area contributed by atoms with E-state index in [4.69, 9.17) is 9.16 Å². The normalized spacial score (nSPS) is 20.3. The van der Waals surface area contributed by atoms with Crippen molar-refractivity contribution in [1.82, 2.24) is 4.90 Å². The molecule has 1 N–H and O–H groups in total. The number of ether oxygens (including phenoxy) is 1. The number of aliphatic hydroxyl groups is 1. The van der Waals surface area contributed by atoms with E-state index in [0.29, 0.717) is 6.61 Å². The van der Waals surface area contributed by atoms with Gasteiger partial charge in [-0.05, 0) is 42.2 Å². The summed E-state index contributed by atoms with van der Waals surface area (Å²) in [5.41, 5.74) is 1.21. The summed E-state index contributed by atoms with van der Waals surface area (Å²) in [5.74, 6) is 7.30. The molecule has 1 saturated heterocycles. The predicted molar refractivity (Wildman–Crippen MR) is 160 cm³/mol. The molecule has 1 heterocycles. The van der Waals surface area contributed by atoms with Crippen LogP contribution >= 0.6 is 0 Å². The molecule has 1 aliphatic rings. The van der Waals surface area contributed by atoms with Gasteiger partial charge in [-0.1, -0.05) is 104 Å². The minimum atomic E-state index is -1.85. The van der Waals surface area contributed by atoms with Crippen LogP contribution in [0.5, 0.6) is 5.75 Å². The Kier molecular flexibility index (Phi) is 13.7. The van der Waals surface area contributed by atoms with E-state index >= 15 is 0 Å². The molecule has 0 amide bonds. The molecule has 1 aromatic rings. The Bertz CT molecular complexity index is 821. The smallest absolute Gasteiger partial charge is 0.192 e. The molecule has 37 heavy (non-hydrogen) atoms. The van der Waals surface area contributed by atoms with Gasteiger partial charge in [0.2, 0.25) is 0 Å². The van der Waals surface area contributed by atoms with Gasteiger partial charge >= 0.3 is 0 Å². The monoisotopic (exact) mass is 529 g/mol. The molecule has 0 aromatic heterocycles. The Morgan fingerprint density at radius 3 is 2.05 bits per heavy atom. The van der Waals surface area contributed by atoms with E-state index in [1.54, 1.807) is 7.11 Å². The van der Waals surface area contributed by atoms with Crippen molar-refractivity contribution >= 4 is 8.32 Å². The molecule has 1 unspecified atom stereocenters. The first-order valence-corrected chi connectivity index (χ1v) is 17.7. The lowest BCUT2D eigenvalue weighted by molar-refractivity contribution is 0.208. The molecule has 4 atom stereocenters. The molecule has 0 saturated carbocycles. The highest BCUT2D eigenvalue weighted by molar-refractivity contribution is 6.74. The first-order chi connectivity index (χ1) is 17.6. The molecule has 0 spiro atoms. The van der Waals surface area contributed by atoms with E-state index < -0.39 is 14.4 Å². The van der Waals surface area contributed by atoms with Crippen molar-refractivity contribution in [1.29, 1.82) is 0 Å². The van der Waals surface area contributed by atoms with Gasteiger partial charge < -0.3 is 14.3 Å². The molecule has 0 bridgehead atoms. The molecule has 4 nitrogen and oxygen atoms in total. The average molecular weight is 530 g/mol. The zero-order valence-electron chi connectivity index (χ0n) is 24.9. The van der Waals surface area contributed by atoms with Crippen molar-refractivity contribution < 1.29 is 14.3 Å². The summed E-state index contributed by atoms with van der Waals surface area (Å²) in [4.78, 5) is 2.34. The lowest BCUT2D eigenvalue weighted by Crippen LogP contribution is -2.42. The number of benzene rings is 1. The van der Waals surface area contributed by atoms with Crippen LogP contribution in [0.25, 0.3) is 0 Å². The van der Waals surface area contributed by atoms with Gasteiger partial charge in [-0.15, -0.1) is 5.92 Å². The third kappa shape index (κ3) is 11.1. The summed E-state index contributed by atoms with van der Waals surface area (Å²) in [6, 6.07) is 8.44. The summed E-state index contributed by atoms with van der Waals surface area (Å²) in [6.45, 7) is 15.1. The van der Waals surface area contributed by atoms with Crippen LogP contribution < -0.4 is 4.74 Å². The van der Waals surface area contributed by atoms with Crippen molar-refractivity contribution in [2.24, 2.45) is 0 Å². The Hall–Kier alpha value is -1.32. The molecule has 1 aliphatic heterocycles. The van der Waals surface area contributed by atoms with Crippen LogP contribution in [0.15, 0.2) is 24.3 Å². The van der Waals surface area contributed by atoms with Gasteiger partial charge in [-0.2, -0.15) is 0 Å². The second kappa shape index (κ2) is 15.9. The lowest BCUT2D eigenvalue weighted by Gasteiger charge is -2.36. The SMILES string of the molecule is CCCCCCCCCCCCC#C[C@@H](O)[C@H]1[C@@H](CO[Si](C)(C)C(C)(C)C)N1Cc1ccc(OC)cc1. The molecular formula is C32H55NO3Si. The summed E-state index contributed by atoms with van der Waals surface area (Å²) in [7, 11) is -0.157. The van der Waals surface area contributed by atoms with Crippen molar-refractivity contribution in [2.75, 3.05) is 13.7 Å². The number of hydrogen-bond donors (Lipinski definition) is 1. The predicted octanol–water partition coefficient (Wildman–Crippen LogP) is 7.95. The van der Waals surface area contributed by atoms with E-state index in [1.807, 2.05) is 12.1 Å². The van der Waals surface area contributed by atoms with Crippen LogP contribution in [0.4, 0.5) is 0 Å². The van der Waals surface area contributed by atoms with Crippen molar-refractivity contribution in [3.05, 3.63) is 29.8 Å². The molecule has 0 radical (unpaired) electrons. The number of rotatable bonds is 17. The van der Waals surface area contributed by atoms with Gasteiger partial charge in [0.1, 0.15) is 11.9 Å². The van der Waals surface area contributed by atoms with E-state index in [0.717, 1.165) is 25.1 Å². The second-order valence-corrected chi connectivity index (χ2v) is 17.2. The quantitative estimate of drug-likeness (QED) is 0.0962. The summed E-state index contributed by atoms with van der Waals surface area (Å²) >= 11 is 0. The van der Waals surface area contributed by atoms with Gasteiger partial charge in [-0.25, -0.2) is 0 Å². The molecular weight excluding hydrogens is 474 g/mol. The highest BCUT2D eigenvalue weighted by Gasteiger charge is 2.52. The minimum Gasteiger partial charge on any atom is -0.497 e. The molecule has 2 rings (SSSR count). The maximum Gasteiger partial charge on any atom is 0.192 e. The summed E-state index contributed by atoms with van der Waals surface area (Å²) < 4.78 is 11.8. The van der Waals surface area contributed by atoms with E-state index in [2.05, 4.69) is 69.7 Å². The third-order valence-corrected chi connectivity index (χ3v) is 12.8. The first kappa shape index (κ1) is 31.9. The fourth-order valence-corrected chi connectivity index (χ4v) is 5.60. The third-order valence-electron chi connectivity index (χ3n) is 8.29. The Morgan fingerprint density at radius 2 is 1.51 bits per heavy atom. The van der Waals surface area contributed by atoms with Crippen molar-refractivity contribution in [3.63, 3.8) is 0 Å². The van der Waals surface area contributed by atoms with Gasteiger partial charge in [0, 0.05) is 13.0 Å². The molecule has 0 aliphatic carbocycles. The van der Waals surface area contributed by atoms with Crippen molar-refractivity contribution in [3.8, 4) is 17.6 Å². The number of unbranched alkanes of at least 4 members (excludes halogenated alkanes) is 10. The van der Waals surface area contributed by atoms with Crippen LogP contribution in [-0.2, 0) is 11.0 Å². The molecule has 5 heteroatoms. The number of nitrogens with zero attached hydrogens (tertiary/aromatic N) is 1. The highest BCUT2D eigenvalue weighted by Crippen LogP contribution is 2.39. The molecule has 210 valence electrons. The van der Waals surface area contributed by atoms with Gasteiger partial charge in [0.25, 0.3) is 0 Å². The van der Waals surface area contributed by atoms with E-state index in [9.17, 15) is 5.11 Å². The first-order valence-electron chi connectivity index (χ1n) is 14.8. The molecule has 1 aromatic carbocycles. The van der Waals surface area contributed by atoms with Crippen LogP contribution in [-0.4, -0.2) is 50.2 Å². The van der Waals surface area contributed by atoms with Crippen LogP contribution in [0.1, 0.15) is 104 Å². The van der Waals surface area contributed by atoms with Gasteiger partial charge in [0.05, 0.1) is 25.8 Å². The summed E-state index contributed by atoms with van der Waals surface area (Å²) in [5, 5.41) is 11.1. The number of hydrogen-bond acceptors (Lipinski definition) is 4. The molecule has 1 fully saturated rings. The topological polar surface area (TPSA) is 41.7 Å². The maximum absolute atomic E-state index is 11.0. The minimum absolute atomic E-state index is 0.0343. The Labute approximate surface area is 229 Å². The van der Waals surface area contributed by atoms with Crippen molar-refractivity contribution in [2.45, 2.75) is 141 Å². The summed E-state index contributed by atoms with van der Waals surface area (Å²) in [6.07, 6.45) is 13.5. The van der Waals surface area contributed by atoms with Gasteiger partial charge in [0.15, 0.2) is 8.32 Å². The maximum atomic E-state index is 11.0. The van der Waals surface area contributed by atoms with Crippen LogP contribution in [0.2, 0.25) is 18.1 Å². The largest absolute Gasteiger partial charge is 0.497 e. The Morgan fingerprint density at radius 1 is 0.946 bits per heavy atom. The zero-order valence-corrected chi connectivity index (χ0v) is 25.9. The standard InChI is InChI=1S/C32H55NO3Si/c1-8-9-10-11-12-13-14-15-16-17-18-19-20-30(34)31-29(26-36-37(6,7)32(2,3)4)33(31)25-27-21-23-28(35-5)24-22-27/h21-24,29-31,34H,8-18,25-26H2,1-7H3/t29-,30-,31-,33?/m1/s1. The van der Waals surface area contributed by atoms with Crippen LogP contribution in [0.3, 0.4) is 0 Å². The average Bonchev–Trinajstić information content (AvgIpc) is 3.55. The van der Waals surface area contributed by atoms with Crippen LogP contribution in [0, 0.1) is 11.8 Å². The number of methoxy groups -OCH3 is 1. The highest BCUT2D eigenvalue weighted by atomic mass is 28.4. The van der Waals surface area contributed by atoms with Gasteiger partial charge in [-0.3, -0.25) is 4.90 Å². The lowest BCUT2D eigenvalue weighted by atomic mass is 10.1. The fraction of sp³-hybridized carbons (Fsp3) is 0.750. The second-order valence-electron chi connectivity index (χ2n) is 12.3. The number of aliphatic hydroxyl groups excluding tert-OH is 1. The van der Waals surface area contributed by atoms with E-state index in [1.165, 1.54) is 63.4 Å². The Balaban J connectivity index is 1.81.